The van der Waals surface area contributed by atoms with Gasteiger partial charge in [-0.15, -0.1) is 0 Å². The molecule has 4 aliphatic rings. The summed E-state index contributed by atoms with van der Waals surface area (Å²) in [5.41, 5.74) is 8.95. The number of hydrogen-bond donors (Lipinski definition) is 2. The maximum atomic E-state index is 14.2. The molecule has 309 valence electrons. The zero-order chi connectivity index (χ0) is 42.3. The molecule has 0 unspecified atom stereocenters. The van der Waals surface area contributed by atoms with Crippen molar-refractivity contribution in [1.82, 2.24) is 14.9 Å². The molecule has 8 rings (SSSR count). The van der Waals surface area contributed by atoms with E-state index in [4.69, 9.17) is 23.2 Å². The maximum Gasteiger partial charge on any atom is 0.412 e. The van der Waals surface area contributed by atoms with Crippen LogP contribution in [0.4, 0.5) is 8.78 Å². The Morgan fingerprint density at radius 3 is 1.82 bits per heavy atom. The first kappa shape index (κ1) is 43.5. The van der Waals surface area contributed by atoms with Crippen LogP contribution in [0.5, 0.6) is 0 Å². The molecule has 0 spiro atoms. The summed E-state index contributed by atoms with van der Waals surface area (Å²) in [4.78, 5) is 39.7. The van der Waals surface area contributed by atoms with Crippen molar-refractivity contribution in [1.29, 1.82) is 0 Å². The number of halogens is 4. The van der Waals surface area contributed by atoms with Gasteiger partial charge in [0.1, 0.15) is 11.6 Å². The minimum absolute atomic E-state index is 0.101. The number of allylic oxidation sites excluding steroid dienone is 1. The van der Waals surface area contributed by atoms with Crippen molar-refractivity contribution in [2.75, 3.05) is 13.1 Å². The lowest BCUT2D eigenvalue weighted by Gasteiger charge is -2.27. The minimum atomic E-state index is -0.885. The highest BCUT2D eigenvalue weighted by atomic mass is 35.5. The molecule has 2 amide bonds. The second-order valence-electron chi connectivity index (χ2n) is 16.2. The van der Waals surface area contributed by atoms with Crippen molar-refractivity contribution in [3.8, 4) is 22.3 Å². The zero-order valence-electron chi connectivity index (χ0n) is 33.7. The highest BCUT2D eigenvalue weighted by Crippen LogP contribution is 2.35. The number of benzene rings is 4. The normalized spacial score (nSPS) is 19.6. The fourth-order valence-corrected chi connectivity index (χ4v) is 9.36. The quantitative estimate of drug-likeness (QED) is 0.0996. The number of carbonyl (C=O) groups is 3. The van der Waals surface area contributed by atoms with Gasteiger partial charge in [0.05, 0.1) is 6.19 Å². The van der Waals surface area contributed by atoms with Crippen molar-refractivity contribution in [3.05, 3.63) is 140 Å². The van der Waals surface area contributed by atoms with Crippen LogP contribution in [-0.2, 0) is 27.2 Å². The summed E-state index contributed by atoms with van der Waals surface area (Å²) in [7, 11) is 0.658. The summed E-state index contributed by atoms with van der Waals surface area (Å²) in [6.45, 7) is 3.04. The molecular formula is C47H48B2Cl2F2N3O4. The fourth-order valence-electron chi connectivity index (χ4n) is 9.02. The van der Waals surface area contributed by atoms with Gasteiger partial charge in [-0.05, 0) is 143 Å². The molecule has 4 fully saturated rings. The van der Waals surface area contributed by atoms with E-state index in [2.05, 4.69) is 5.32 Å². The van der Waals surface area contributed by atoms with Crippen LogP contribution in [-0.4, -0.2) is 72.3 Å². The standard InChI is InChI=1S/C24H25B2ClFN2O3.C23H23ClFNO/c1-26(33)30-20(14-22(24(30)32)18-8-10-29(11-9-18)25-15-31)12-16-2-4-17(5-3-16)21-13-19(27)6-7-23(21)28;24-18-10-11-22(25)20(13-18)17-8-6-15(7-9-17)12-19-14-21(23(27)26-19)16-4-2-1-3-5-16/h2-7,13,15,20,33H,8-12,14H2,1H3;6-11,13,19H,1-5,12,14H2,(H,26,27)/t20-;19-/m11/s1. The SMILES string of the molecule is CB(O)N1C(=O)C(=C2CCN([B]C=O)CC2)C[C@H]1Cc1ccc(-c2cc(Cl)ccc2F)cc1.O=C1N[C@H](Cc2ccc(-c3cc(Cl)ccc3F)cc2)CC1=C1CCCCC1. The van der Waals surface area contributed by atoms with Gasteiger partial charge in [-0.2, -0.15) is 0 Å². The third-order valence-electron chi connectivity index (χ3n) is 12.1. The van der Waals surface area contributed by atoms with Gasteiger partial charge in [0.15, 0.2) is 0 Å². The maximum absolute atomic E-state index is 14.2. The largest absolute Gasteiger partial charge is 0.432 e. The Labute approximate surface area is 362 Å². The van der Waals surface area contributed by atoms with E-state index < -0.39 is 7.05 Å². The molecule has 60 heavy (non-hydrogen) atoms. The Morgan fingerprint density at radius 2 is 1.28 bits per heavy atom. The topological polar surface area (TPSA) is 90.0 Å². The highest BCUT2D eigenvalue weighted by molar-refractivity contribution is 6.64. The van der Waals surface area contributed by atoms with E-state index in [0.717, 1.165) is 83.7 Å². The van der Waals surface area contributed by atoms with E-state index in [-0.39, 0.29) is 35.5 Å². The van der Waals surface area contributed by atoms with Crippen LogP contribution in [0.2, 0.25) is 16.9 Å². The van der Waals surface area contributed by atoms with Crippen LogP contribution < -0.4 is 5.32 Å². The zero-order valence-corrected chi connectivity index (χ0v) is 35.3. The van der Waals surface area contributed by atoms with Gasteiger partial charge in [-0.3, -0.25) is 9.59 Å². The summed E-state index contributed by atoms with van der Waals surface area (Å²) in [5, 5.41) is 14.5. The molecule has 1 radical (unpaired) electrons. The third-order valence-corrected chi connectivity index (χ3v) is 12.6. The Kier molecular flexibility index (Phi) is 14.4. The van der Waals surface area contributed by atoms with E-state index in [0.29, 0.717) is 47.1 Å². The van der Waals surface area contributed by atoms with Crippen LogP contribution in [0.3, 0.4) is 0 Å². The average molecular weight is 849 g/mol. The number of amides is 2. The van der Waals surface area contributed by atoms with Crippen LogP contribution in [0.15, 0.2) is 107 Å². The number of piperidine rings is 1. The van der Waals surface area contributed by atoms with Gasteiger partial charge in [-0.25, -0.2) is 8.78 Å². The van der Waals surface area contributed by atoms with Gasteiger partial charge < -0.3 is 24.8 Å². The van der Waals surface area contributed by atoms with Gasteiger partial charge in [0, 0.05) is 44.4 Å². The van der Waals surface area contributed by atoms with Crippen molar-refractivity contribution in [2.24, 2.45) is 0 Å². The van der Waals surface area contributed by atoms with Crippen molar-refractivity contribution in [2.45, 2.75) is 89.5 Å². The van der Waals surface area contributed by atoms with Crippen molar-refractivity contribution < 1.29 is 28.2 Å². The molecule has 1 saturated carbocycles. The number of nitrogens with zero attached hydrogens (tertiary/aromatic N) is 2. The first-order valence-electron chi connectivity index (χ1n) is 20.8. The van der Waals surface area contributed by atoms with Gasteiger partial charge in [-0.1, -0.05) is 89.3 Å². The summed E-state index contributed by atoms with van der Waals surface area (Å²) in [5.74, 6) is -0.592. The van der Waals surface area contributed by atoms with Crippen LogP contribution in [0.1, 0.15) is 68.9 Å². The van der Waals surface area contributed by atoms with E-state index >= 15 is 0 Å². The molecule has 4 aromatic carbocycles. The van der Waals surface area contributed by atoms with Crippen molar-refractivity contribution >= 4 is 55.7 Å². The molecule has 3 saturated heterocycles. The Balaban J connectivity index is 0.000000185. The molecule has 4 aromatic rings. The number of carbonyl (C=O) groups excluding carboxylic acids is 3. The van der Waals surface area contributed by atoms with E-state index in [1.165, 1.54) is 43.0 Å². The number of rotatable bonds is 9. The average Bonchev–Trinajstić information content (AvgIpc) is 3.79. The highest BCUT2D eigenvalue weighted by Gasteiger charge is 2.41. The monoisotopic (exact) mass is 848 g/mol. The molecule has 3 aliphatic heterocycles. The van der Waals surface area contributed by atoms with Gasteiger partial charge >= 0.3 is 7.05 Å². The smallest absolute Gasteiger partial charge is 0.412 e. The number of hydrogen-bond acceptors (Lipinski definition) is 5. The lowest BCUT2D eigenvalue weighted by molar-refractivity contribution is -0.122. The molecule has 13 heteroatoms. The molecule has 7 nitrogen and oxygen atoms in total. The summed E-state index contributed by atoms with van der Waals surface area (Å²) in [6, 6.07) is 24.5. The first-order chi connectivity index (χ1) is 29.0. The molecule has 1 aliphatic carbocycles. The molecule has 0 aromatic heterocycles. The van der Waals surface area contributed by atoms with E-state index in [9.17, 15) is 28.2 Å². The first-order valence-corrected chi connectivity index (χ1v) is 21.6. The Bertz CT molecular complexity index is 2270. The minimum Gasteiger partial charge on any atom is -0.432 e. The summed E-state index contributed by atoms with van der Waals surface area (Å²) >= 11 is 12.0. The van der Waals surface area contributed by atoms with Gasteiger partial charge in [0.2, 0.25) is 11.8 Å². The summed E-state index contributed by atoms with van der Waals surface area (Å²) < 4.78 is 28.2. The second-order valence-corrected chi connectivity index (χ2v) is 17.0. The van der Waals surface area contributed by atoms with Gasteiger partial charge in [0.25, 0.3) is 7.41 Å². The molecule has 0 bridgehead atoms. The molecular weight excluding hydrogens is 801 g/mol. The number of nitrogens with one attached hydrogen (secondary N) is 1. The van der Waals surface area contributed by atoms with Crippen LogP contribution >= 0.6 is 23.2 Å². The molecule has 3 heterocycles. The lowest BCUT2D eigenvalue weighted by atomic mass is 9.83. The Hall–Kier alpha value is -4.54. The third kappa shape index (κ3) is 10.5. The fraction of sp³-hybridized carbons (Fsp3) is 0.340. The van der Waals surface area contributed by atoms with E-state index in [1.54, 1.807) is 37.2 Å². The second kappa shape index (κ2) is 19.9. The predicted octanol–water partition coefficient (Wildman–Crippen LogP) is 9.44. The lowest BCUT2D eigenvalue weighted by Crippen LogP contribution is -2.44. The predicted molar refractivity (Wildman–Crippen MR) is 237 cm³/mol. The Morgan fingerprint density at radius 1 is 0.750 bits per heavy atom. The van der Waals surface area contributed by atoms with Crippen LogP contribution in [0.25, 0.3) is 22.3 Å². The summed E-state index contributed by atoms with van der Waals surface area (Å²) in [6.07, 6.45) is 10.9. The van der Waals surface area contributed by atoms with Crippen molar-refractivity contribution in [3.63, 3.8) is 0 Å². The molecule has 2 N–H and O–H groups in total. The van der Waals surface area contributed by atoms with E-state index in [1.807, 2.05) is 53.3 Å². The van der Waals surface area contributed by atoms with Crippen LogP contribution in [0, 0.1) is 11.6 Å². The molecule has 2 atom stereocenters.